The minimum absolute atomic E-state index is 0.214. The molecule has 0 saturated carbocycles. The lowest BCUT2D eigenvalue weighted by Crippen LogP contribution is -2.16. The van der Waals surface area contributed by atoms with Crippen molar-refractivity contribution in [3.05, 3.63) is 45.9 Å². The van der Waals surface area contributed by atoms with Crippen molar-refractivity contribution >= 4 is 11.3 Å². The molecule has 0 radical (unpaired) electrons. The van der Waals surface area contributed by atoms with Gasteiger partial charge in [-0.05, 0) is 38.5 Å². The van der Waals surface area contributed by atoms with Gasteiger partial charge in [-0.15, -0.1) is 11.3 Å². The number of aromatic nitrogens is 1. The average molecular weight is 290 g/mol. The van der Waals surface area contributed by atoms with Crippen LogP contribution in [0.5, 0.6) is 5.75 Å². The topological polar surface area (TPSA) is 34.1 Å². The van der Waals surface area contributed by atoms with Crippen molar-refractivity contribution in [2.24, 2.45) is 0 Å². The molecule has 1 aromatic carbocycles. The molecule has 0 bridgehead atoms. The number of thiazole rings is 1. The minimum Gasteiger partial charge on any atom is -0.491 e. The summed E-state index contributed by atoms with van der Waals surface area (Å²) in [5.74, 6) is 0.940. The molecule has 3 nitrogen and oxygen atoms in total. The fourth-order valence-electron chi connectivity index (χ4n) is 1.95. The van der Waals surface area contributed by atoms with E-state index in [1.54, 1.807) is 11.3 Å². The molecule has 0 aliphatic carbocycles. The zero-order valence-electron chi connectivity index (χ0n) is 12.3. The van der Waals surface area contributed by atoms with Crippen molar-refractivity contribution in [1.82, 2.24) is 10.3 Å². The molecule has 108 valence electrons. The number of ether oxygens (including phenoxy) is 1. The van der Waals surface area contributed by atoms with Gasteiger partial charge in [0.1, 0.15) is 5.75 Å². The highest BCUT2D eigenvalue weighted by atomic mass is 32.1. The lowest BCUT2D eigenvalue weighted by atomic mass is 10.2. The highest BCUT2D eigenvalue weighted by Crippen LogP contribution is 2.15. The lowest BCUT2D eigenvalue weighted by Gasteiger charge is -2.11. The second-order valence-electron chi connectivity index (χ2n) is 5.12. The molecule has 0 fully saturated rings. The van der Waals surface area contributed by atoms with Crippen LogP contribution in [0.25, 0.3) is 0 Å². The van der Waals surface area contributed by atoms with Gasteiger partial charge in [0.15, 0.2) is 0 Å². The molecule has 1 aromatic heterocycles. The molecular weight excluding hydrogens is 268 g/mol. The predicted octanol–water partition coefficient (Wildman–Crippen LogP) is 3.57. The van der Waals surface area contributed by atoms with E-state index in [2.05, 4.69) is 27.8 Å². The molecule has 1 N–H and O–H groups in total. The van der Waals surface area contributed by atoms with E-state index in [-0.39, 0.29) is 6.10 Å². The Bertz CT molecular complexity index is 537. The molecule has 4 heteroatoms. The van der Waals surface area contributed by atoms with E-state index in [1.165, 1.54) is 10.6 Å². The summed E-state index contributed by atoms with van der Waals surface area (Å²) in [5.41, 5.74) is 2.36. The number of nitrogens with zero attached hydrogens (tertiary/aromatic N) is 1. The maximum absolute atomic E-state index is 5.70. The number of aryl methyl sites for hydroxylation is 1. The monoisotopic (exact) mass is 290 g/mol. The Balaban J connectivity index is 1.76. The van der Waals surface area contributed by atoms with Gasteiger partial charge < -0.3 is 10.1 Å². The van der Waals surface area contributed by atoms with Crippen LogP contribution in [0.3, 0.4) is 0 Å². The van der Waals surface area contributed by atoms with E-state index < -0.39 is 0 Å². The van der Waals surface area contributed by atoms with Gasteiger partial charge in [-0.25, -0.2) is 4.98 Å². The average Bonchev–Trinajstić information content (AvgIpc) is 2.80. The highest BCUT2D eigenvalue weighted by Gasteiger charge is 2.01. The van der Waals surface area contributed by atoms with Gasteiger partial charge in [-0.2, -0.15) is 0 Å². The predicted molar refractivity (Wildman–Crippen MR) is 84.5 cm³/mol. The van der Waals surface area contributed by atoms with Crippen molar-refractivity contribution in [3.8, 4) is 5.75 Å². The Morgan fingerprint density at radius 1 is 1.35 bits per heavy atom. The van der Waals surface area contributed by atoms with Crippen molar-refractivity contribution in [1.29, 1.82) is 0 Å². The van der Waals surface area contributed by atoms with Crippen LogP contribution < -0.4 is 10.1 Å². The first-order valence-electron chi connectivity index (χ1n) is 7.01. The zero-order valence-corrected chi connectivity index (χ0v) is 13.2. The van der Waals surface area contributed by atoms with Crippen LogP contribution in [0.2, 0.25) is 0 Å². The number of hydrogen-bond donors (Lipinski definition) is 1. The van der Waals surface area contributed by atoms with E-state index >= 15 is 0 Å². The molecule has 2 rings (SSSR count). The standard InChI is InChI=1S/C16H22N2OS/c1-12(2)19-15-6-4-5-14(9-15)10-17-8-7-16-18-13(3)11-20-16/h4-6,9,11-12,17H,7-8,10H2,1-3H3. The van der Waals surface area contributed by atoms with E-state index in [0.29, 0.717) is 0 Å². The summed E-state index contributed by atoms with van der Waals surface area (Å²) in [7, 11) is 0. The fraction of sp³-hybridized carbons (Fsp3) is 0.438. The highest BCUT2D eigenvalue weighted by molar-refractivity contribution is 7.09. The second-order valence-corrected chi connectivity index (χ2v) is 6.07. The van der Waals surface area contributed by atoms with Gasteiger partial charge in [0, 0.05) is 30.6 Å². The van der Waals surface area contributed by atoms with Crippen molar-refractivity contribution in [2.75, 3.05) is 6.54 Å². The summed E-state index contributed by atoms with van der Waals surface area (Å²) in [6.07, 6.45) is 1.20. The summed E-state index contributed by atoms with van der Waals surface area (Å²) in [5, 5.41) is 6.75. The molecule has 0 amide bonds. The third-order valence-corrected chi connectivity index (χ3v) is 3.81. The Kier molecular flexibility index (Phi) is 5.56. The van der Waals surface area contributed by atoms with Crippen LogP contribution in [0.4, 0.5) is 0 Å². The Hall–Kier alpha value is -1.39. The van der Waals surface area contributed by atoms with Gasteiger partial charge in [0.05, 0.1) is 11.1 Å². The van der Waals surface area contributed by atoms with Gasteiger partial charge in [-0.1, -0.05) is 12.1 Å². The molecule has 0 atom stereocenters. The summed E-state index contributed by atoms with van der Waals surface area (Å²) >= 11 is 1.73. The van der Waals surface area contributed by atoms with Crippen LogP contribution in [-0.4, -0.2) is 17.6 Å². The van der Waals surface area contributed by atoms with Crippen LogP contribution in [0, 0.1) is 6.92 Å². The van der Waals surface area contributed by atoms with E-state index in [1.807, 2.05) is 32.9 Å². The smallest absolute Gasteiger partial charge is 0.120 e. The van der Waals surface area contributed by atoms with Crippen LogP contribution in [0.15, 0.2) is 29.6 Å². The Morgan fingerprint density at radius 2 is 2.20 bits per heavy atom. The number of benzene rings is 1. The SMILES string of the molecule is Cc1csc(CCNCc2cccc(OC(C)C)c2)n1. The van der Waals surface area contributed by atoms with E-state index in [0.717, 1.165) is 31.0 Å². The molecule has 0 aliphatic rings. The largest absolute Gasteiger partial charge is 0.491 e. The van der Waals surface area contributed by atoms with Crippen molar-refractivity contribution in [2.45, 2.75) is 39.8 Å². The first-order valence-corrected chi connectivity index (χ1v) is 7.89. The molecule has 0 aliphatic heterocycles. The first kappa shape index (κ1) is 15.0. The molecule has 0 spiro atoms. The quantitative estimate of drug-likeness (QED) is 0.792. The van der Waals surface area contributed by atoms with Crippen LogP contribution in [-0.2, 0) is 13.0 Å². The Labute approximate surface area is 125 Å². The molecule has 2 aromatic rings. The van der Waals surface area contributed by atoms with Crippen molar-refractivity contribution in [3.63, 3.8) is 0 Å². The summed E-state index contributed by atoms with van der Waals surface area (Å²) in [4.78, 5) is 4.46. The van der Waals surface area contributed by atoms with Crippen LogP contribution in [0.1, 0.15) is 30.1 Å². The fourth-order valence-corrected chi connectivity index (χ4v) is 2.72. The zero-order chi connectivity index (χ0) is 14.4. The van der Waals surface area contributed by atoms with Crippen LogP contribution >= 0.6 is 11.3 Å². The van der Waals surface area contributed by atoms with Gasteiger partial charge >= 0.3 is 0 Å². The summed E-state index contributed by atoms with van der Waals surface area (Å²) in [6, 6.07) is 8.26. The first-order chi connectivity index (χ1) is 9.63. The van der Waals surface area contributed by atoms with Gasteiger partial charge in [0.25, 0.3) is 0 Å². The number of rotatable bonds is 7. The summed E-state index contributed by atoms with van der Waals surface area (Å²) < 4.78 is 5.70. The molecule has 0 saturated heterocycles. The number of nitrogens with one attached hydrogen (secondary N) is 1. The van der Waals surface area contributed by atoms with Gasteiger partial charge in [0.2, 0.25) is 0 Å². The molecule has 0 unspecified atom stereocenters. The van der Waals surface area contributed by atoms with Crippen molar-refractivity contribution < 1.29 is 4.74 Å². The van der Waals surface area contributed by atoms with E-state index in [4.69, 9.17) is 4.74 Å². The normalized spacial score (nSPS) is 11.0. The minimum atomic E-state index is 0.214. The lowest BCUT2D eigenvalue weighted by molar-refractivity contribution is 0.242. The third-order valence-electron chi connectivity index (χ3n) is 2.78. The Morgan fingerprint density at radius 3 is 2.90 bits per heavy atom. The number of hydrogen-bond acceptors (Lipinski definition) is 4. The second kappa shape index (κ2) is 7.41. The maximum atomic E-state index is 5.70. The molecule has 1 heterocycles. The summed E-state index contributed by atoms with van der Waals surface area (Å²) in [6.45, 7) is 7.93. The third kappa shape index (κ3) is 4.94. The van der Waals surface area contributed by atoms with E-state index in [9.17, 15) is 0 Å². The molecule has 20 heavy (non-hydrogen) atoms. The maximum Gasteiger partial charge on any atom is 0.120 e. The van der Waals surface area contributed by atoms with Gasteiger partial charge in [-0.3, -0.25) is 0 Å². The molecular formula is C16H22N2OS.